The number of unbranched alkanes of at least 4 members (excludes halogenated alkanes) is 14. The molecule has 0 unspecified atom stereocenters. The zero-order chi connectivity index (χ0) is 20.7. The van der Waals surface area contributed by atoms with Gasteiger partial charge in [-0.25, -0.2) is 0 Å². The molecule has 0 atom stereocenters. The van der Waals surface area contributed by atoms with Gasteiger partial charge in [-0.2, -0.15) is 8.42 Å². The van der Waals surface area contributed by atoms with E-state index in [1.807, 2.05) is 12.1 Å². The lowest BCUT2D eigenvalue weighted by Gasteiger charge is -2.07. The molecule has 1 N–H and O–H groups in total. The smallest absolute Gasteiger partial charge is 0.282 e. The predicted octanol–water partition coefficient (Wildman–Crippen LogP) is 7.66. The maximum atomic E-state index is 11.2. The highest BCUT2D eigenvalue weighted by molar-refractivity contribution is 7.85. The Hall–Kier alpha value is -0.870. The van der Waals surface area contributed by atoms with Crippen LogP contribution in [0.5, 0.6) is 0 Å². The Labute approximate surface area is 174 Å². The molecule has 1 aromatic carbocycles. The van der Waals surface area contributed by atoms with Crippen LogP contribution in [-0.4, -0.2) is 13.0 Å². The highest BCUT2D eigenvalue weighted by Crippen LogP contribution is 2.18. The van der Waals surface area contributed by atoms with Gasteiger partial charge in [-0.15, -0.1) is 0 Å². The van der Waals surface area contributed by atoms with E-state index in [2.05, 4.69) is 6.92 Å². The molecule has 0 aliphatic carbocycles. The van der Waals surface area contributed by atoms with Gasteiger partial charge in [0.1, 0.15) is 0 Å². The van der Waals surface area contributed by atoms with E-state index >= 15 is 0 Å². The van der Waals surface area contributed by atoms with E-state index in [9.17, 15) is 8.42 Å². The Balaban J connectivity index is 1.95. The lowest BCUT2D eigenvalue weighted by Crippen LogP contribution is -2.01. The number of hydrogen-bond acceptors (Lipinski definition) is 2. The maximum Gasteiger partial charge on any atom is 0.294 e. The second kappa shape index (κ2) is 15.0. The Morgan fingerprint density at radius 2 is 1.14 bits per heavy atom. The van der Waals surface area contributed by atoms with Crippen molar-refractivity contribution in [1.29, 1.82) is 0 Å². The first-order valence-electron chi connectivity index (χ1n) is 11.5. The molecule has 0 aliphatic heterocycles. The molecular weight excluding hydrogens is 368 g/mol. The fraction of sp³-hybridized carbons (Fsp3) is 0.750. The minimum absolute atomic E-state index is 0.0211. The van der Waals surface area contributed by atoms with Gasteiger partial charge in [0.05, 0.1) is 4.90 Å². The fourth-order valence-electron chi connectivity index (χ4n) is 3.86. The van der Waals surface area contributed by atoms with E-state index in [4.69, 9.17) is 4.55 Å². The summed E-state index contributed by atoms with van der Waals surface area (Å²) in [4.78, 5) is 0.0211. The van der Waals surface area contributed by atoms with Crippen molar-refractivity contribution in [3.63, 3.8) is 0 Å². The Morgan fingerprint density at radius 1 is 0.714 bits per heavy atom. The topological polar surface area (TPSA) is 54.4 Å². The third-order valence-corrected chi connectivity index (χ3v) is 6.60. The highest BCUT2D eigenvalue weighted by atomic mass is 32.2. The molecule has 4 heteroatoms. The Bertz CT molecular complexity index is 623. The normalized spacial score (nSPS) is 11.8. The van der Waals surface area contributed by atoms with Crippen LogP contribution in [0.2, 0.25) is 0 Å². The predicted molar refractivity (Wildman–Crippen MR) is 120 cm³/mol. The maximum absolute atomic E-state index is 11.2. The van der Waals surface area contributed by atoms with Gasteiger partial charge in [-0.1, -0.05) is 109 Å². The van der Waals surface area contributed by atoms with Crippen LogP contribution in [0.25, 0.3) is 0 Å². The summed E-state index contributed by atoms with van der Waals surface area (Å²) in [7, 11) is -4.10. The molecule has 0 radical (unpaired) electrons. The molecule has 162 valence electrons. The van der Waals surface area contributed by atoms with Crippen LogP contribution in [0, 0.1) is 6.92 Å². The van der Waals surface area contributed by atoms with E-state index in [0.29, 0.717) is 5.56 Å². The molecule has 0 bridgehead atoms. The van der Waals surface area contributed by atoms with Gasteiger partial charge in [0.15, 0.2) is 0 Å². The van der Waals surface area contributed by atoms with Crippen molar-refractivity contribution in [2.45, 2.75) is 121 Å². The summed E-state index contributed by atoms with van der Waals surface area (Å²) in [6.07, 6.45) is 21.4. The largest absolute Gasteiger partial charge is 0.294 e. The van der Waals surface area contributed by atoms with Crippen molar-refractivity contribution in [3.05, 3.63) is 29.3 Å². The van der Waals surface area contributed by atoms with Crippen molar-refractivity contribution >= 4 is 10.1 Å². The summed E-state index contributed by atoms with van der Waals surface area (Å²) < 4.78 is 31.6. The summed E-state index contributed by atoms with van der Waals surface area (Å²) in [6, 6.07) is 5.22. The van der Waals surface area contributed by atoms with Crippen LogP contribution < -0.4 is 0 Å². The summed E-state index contributed by atoms with van der Waals surface area (Å²) in [6.45, 7) is 4.01. The average molecular weight is 411 g/mol. The number of benzene rings is 1. The van der Waals surface area contributed by atoms with Gasteiger partial charge >= 0.3 is 0 Å². The van der Waals surface area contributed by atoms with Gasteiger partial charge in [-0.05, 0) is 37.0 Å². The minimum atomic E-state index is -4.10. The fourth-order valence-corrected chi connectivity index (χ4v) is 4.56. The molecule has 0 amide bonds. The zero-order valence-corrected chi connectivity index (χ0v) is 19.0. The second-order valence-electron chi connectivity index (χ2n) is 8.27. The molecule has 1 rings (SSSR count). The molecule has 0 fully saturated rings. The minimum Gasteiger partial charge on any atom is -0.282 e. The molecule has 0 saturated heterocycles. The van der Waals surface area contributed by atoms with Gasteiger partial charge in [-0.3, -0.25) is 4.55 Å². The van der Waals surface area contributed by atoms with Crippen molar-refractivity contribution < 1.29 is 13.0 Å². The monoisotopic (exact) mass is 410 g/mol. The molecule has 28 heavy (non-hydrogen) atoms. The first-order chi connectivity index (χ1) is 13.4. The van der Waals surface area contributed by atoms with E-state index < -0.39 is 10.1 Å². The van der Waals surface area contributed by atoms with Crippen LogP contribution in [0.1, 0.15) is 114 Å². The van der Waals surface area contributed by atoms with Crippen LogP contribution in [0.3, 0.4) is 0 Å². The average Bonchev–Trinajstić information content (AvgIpc) is 2.64. The summed E-state index contributed by atoms with van der Waals surface area (Å²) in [5.74, 6) is 0. The molecule has 3 nitrogen and oxygen atoms in total. The molecule has 0 aliphatic rings. The Morgan fingerprint density at radius 3 is 1.54 bits per heavy atom. The number of rotatable bonds is 17. The molecular formula is C24H42O3S. The molecule has 0 spiro atoms. The first-order valence-corrected chi connectivity index (χ1v) is 13.0. The zero-order valence-electron chi connectivity index (χ0n) is 18.2. The third-order valence-electron chi connectivity index (χ3n) is 5.59. The van der Waals surface area contributed by atoms with E-state index in [1.165, 1.54) is 96.0 Å². The quantitative estimate of drug-likeness (QED) is 0.212. The van der Waals surface area contributed by atoms with Crippen LogP contribution in [-0.2, 0) is 16.5 Å². The number of aryl methyl sites for hydroxylation is 2. The van der Waals surface area contributed by atoms with Crippen LogP contribution in [0.4, 0.5) is 0 Å². The number of hydrogen-bond donors (Lipinski definition) is 1. The third kappa shape index (κ3) is 11.9. The summed E-state index contributed by atoms with van der Waals surface area (Å²) in [5, 5.41) is 0. The van der Waals surface area contributed by atoms with Crippen molar-refractivity contribution in [2.24, 2.45) is 0 Å². The second-order valence-corrected chi connectivity index (χ2v) is 9.66. The van der Waals surface area contributed by atoms with Crippen LogP contribution in [0.15, 0.2) is 23.1 Å². The molecule has 0 saturated carbocycles. The van der Waals surface area contributed by atoms with Gasteiger partial charge in [0.2, 0.25) is 0 Å². The lowest BCUT2D eigenvalue weighted by atomic mass is 10.0. The van der Waals surface area contributed by atoms with Crippen molar-refractivity contribution in [3.8, 4) is 0 Å². The van der Waals surface area contributed by atoms with Crippen molar-refractivity contribution in [1.82, 2.24) is 0 Å². The van der Waals surface area contributed by atoms with Gasteiger partial charge < -0.3 is 0 Å². The molecule has 0 aromatic heterocycles. The van der Waals surface area contributed by atoms with Crippen molar-refractivity contribution in [2.75, 3.05) is 0 Å². The van der Waals surface area contributed by atoms with Gasteiger partial charge in [0, 0.05) is 0 Å². The Kier molecular flexibility index (Phi) is 13.5. The molecule has 1 aromatic rings. The van der Waals surface area contributed by atoms with Crippen LogP contribution >= 0.6 is 0 Å². The van der Waals surface area contributed by atoms with E-state index in [0.717, 1.165) is 18.4 Å². The SMILES string of the molecule is CCCCCCCCCCCCCCCCCc1ccc(S(=O)(=O)O)c(C)c1. The lowest BCUT2D eigenvalue weighted by molar-refractivity contribution is 0.482. The standard InChI is InChI=1S/C24H42O3S/c1-3-4-5-6-7-8-9-10-11-12-13-14-15-16-17-18-23-19-20-24(22(2)21-23)28(25,26)27/h19-21H,3-18H2,1-2H3,(H,25,26,27). The van der Waals surface area contributed by atoms with Gasteiger partial charge in [0.25, 0.3) is 10.1 Å². The highest BCUT2D eigenvalue weighted by Gasteiger charge is 2.12. The van der Waals surface area contributed by atoms with E-state index in [-0.39, 0.29) is 4.90 Å². The first kappa shape index (κ1) is 25.2. The summed E-state index contributed by atoms with van der Waals surface area (Å²) >= 11 is 0. The summed E-state index contributed by atoms with van der Waals surface area (Å²) in [5.41, 5.74) is 1.78. The van der Waals surface area contributed by atoms with E-state index in [1.54, 1.807) is 6.92 Å². The molecule has 0 heterocycles.